The van der Waals surface area contributed by atoms with Crippen molar-refractivity contribution in [3.05, 3.63) is 45.3 Å². The van der Waals surface area contributed by atoms with E-state index in [1.54, 1.807) is 12.1 Å². The Morgan fingerprint density at radius 1 is 1.50 bits per heavy atom. The predicted molar refractivity (Wildman–Crippen MR) is 83.3 cm³/mol. The second kappa shape index (κ2) is 5.88. The zero-order valence-electron chi connectivity index (χ0n) is 11.0. The third kappa shape index (κ3) is 2.99. The minimum atomic E-state index is -0.449. The van der Waals surface area contributed by atoms with Crippen LogP contribution in [0.3, 0.4) is 0 Å². The Labute approximate surface area is 129 Å². The van der Waals surface area contributed by atoms with Crippen LogP contribution in [-0.2, 0) is 6.54 Å². The summed E-state index contributed by atoms with van der Waals surface area (Å²) in [5.41, 5.74) is 7.12. The fourth-order valence-electron chi connectivity index (χ4n) is 1.66. The van der Waals surface area contributed by atoms with Gasteiger partial charge in [0.25, 0.3) is 0 Å². The van der Waals surface area contributed by atoms with E-state index in [9.17, 15) is 4.39 Å². The molecule has 1 aromatic carbocycles. The number of hydrogen-bond donors (Lipinski definition) is 2. The molecule has 0 bridgehead atoms. The van der Waals surface area contributed by atoms with Gasteiger partial charge in [0.1, 0.15) is 10.7 Å². The lowest BCUT2D eigenvalue weighted by Crippen LogP contribution is -2.12. The zero-order chi connectivity index (χ0) is 14.9. The predicted octanol–water partition coefficient (Wildman–Crippen LogP) is 3.44. The summed E-state index contributed by atoms with van der Waals surface area (Å²) in [6, 6.07) is 3.24. The van der Waals surface area contributed by atoms with Crippen molar-refractivity contribution in [2.45, 2.75) is 20.4 Å². The molecule has 0 aliphatic rings. The third-order valence-corrected chi connectivity index (χ3v) is 3.85. The van der Waals surface area contributed by atoms with E-state index >= 15 is 0 Å². The molecule has 0 amide bonds. The normalized spacial score (nSPS) is 10.6. The molecular formula is C13H13BrFN3OS. The van der Waals surface area contributed by atoms with Gasteiger partial charge in [-0.2, -0.15) is 0 Å². The topological polar surface area (TPSA) is 64.1 Å². The van der Waals surface area contributed by atoms with Crippen LogP contribution in [0.4, 0.5) is 10.1 Å². The van der Waals surface area contributed by atoms with Crippen LogP contribution >= 0.6 is 28.1 Å². The van der Waals surface area contributed by atoms with Crippen molar-refractivity contribution in [3.8, 4) is 0 Å². The van der Waals surface area contributed by atoms with Gasteiger partial charge in [0.15, 0.2) is 5.82 Å². The molecule has 3 N–H and O–H groups in total. The summed E-state index contributed by atoms with van der Waals surface area (Å²) in [7, 11) is 0. The first kappa shape index (κ1) is 14.9. The maximum absolute atomic E-state index is 14.1. The summed E-state index contributed by atoms with van der Waals surface area (Å²) >= 11 is 8.00. The van der Waals surface area contributed by atoms with Gasteiger partial charge in [-0.15, -0.1) is 0 Å². The molecule has 0 aliphatic carbocycles. The van der Waals surface area contributed by atoms with Crippen molar-refractivity contribution in [1.29, 1.82) is 0 Å². The molecule has 2 aromatic rings. The molecule has 0 aliphatic heterocycles. The van der Waals surface area contributed by atoms with Gasteiger partial charge >= 0.3 is 0 Å². The second-order valence-corrected chi connectivity index (χ2v) is 5.49. The molecule has 0 atom stereocenters. The standard InChI is InChI=1S/C13H13BrFN3OS/c1-6-7(2)19-10(18-6)5-17-9-4-3-8(13(16)20)11(14)12(9)15/h3-4,17H,5H2,1-2H3,(H2,16,20). The van der Waals surface area contributed by atoms with Gasteiger partial charge in [0.2, 0.25) is 5.89 Å². The van der Waals surface area contributed by atoms with Crippen LogP contribution in [0.1, 0.15) is 22.9 Å². The number of thiocarbonyl (C=S) groups is 1. The monoisotopic (exact) mass is 357 g/mol. The van der Waals surface area contributed by atoms with E-state index in [0.717, 1.165) is 11.5 Å². The van der Waals surface area contributed by atoms with E-state index in [-0.39, 0.29) is 9.46 Å². The molecule has 1 aromatic heterocycles. The van der Waals surface area contributed by atoms with Crippen LogP contribution in [0.2, 0.25) is 0 Å². The Bertz CT molecular complexity index is 652. The highest BCUT2D eigenvalue weighted by Crippen LogP contribution is 2.27. The van der Waals surface area contributed by atoms with Crippen LogP contribution in [0.15, 0.2) is 21.0 Å². The van der Waals surface area contributed by atoms with E-state index in [4.69, 9.17) is 22.4 Å². The second-order valence-electron chi connectivity index (χ2n) is 4.26. The summed E-state index contributed by atoms with van der Waals surface area (Å²) < 4.78 is 19.8. The van der Waals surface area contributed by atoms with E-state index in [2.05, 4.69) is 26.2 Å². The number of nitrogens with two attached hydrogens (primary N) is 1. The molecule has 0 radical (unpaired) electrons. The summed E-state index contributed by atoms with van der Waals surface area (Å²) in [4.78, 5) is 4.36. The Morgan fingerprint density at radius 2 is 2.20 bits per heavy atom. The number of halogens is 2. The van der Waals surface area contributed by atoms with Crippen molar-refractivity contribution in [2.24, 2.45) is 5.73 Å². The van der Waals surface area contributed by atoms with Gasteiger partial charge < -0.3 is 15.5 Å². The maximum Gasteiger partial charge on any atom is 0.213 e. The number of nitrogens with zero attached hydrogens (tertiary/aromatic N) is 1. The minimum Gasteiger partial charge on any atom is -0.444 e. The van der Waals surface area contributed by atoms with Crippen molar-refractivity contribution in [1.82, 2.24) is 4.98 Å². The molecule has 0 saturated carbocycles. The Balaban J connectivity index is 2.18. The first-order valence-corrected chi connectivity index (χ1v) is 7.05. The average Bonchev–Trinajstić information content (AvgIpc) is 2.70. The van der Waals surface area contributed by atoms with Crippen molar-refractivity contribution >= 4 is 38.8 Å². The van der Waals surface area contributed by atoms with Gasteiger partial charge in [0.05, 0.1) is 22.4 Å². The Hall–Kier alpha value is -1.47. The number of benzene rings is 1. The van der Waals surface area contributed by atoms with E-state index in [0.29, 0.717) is 23.7 Å². The average molecular weight is 358 g/mol. The molecule has 0 saturated heterocycles. The number of rotatable bonds is 4. The van der Waals surface area contributed by atoms with Crippen molar-refractivity contribution in [3.63, 3.8) is 0 Å². The van der Waals surface area contributed by atoms with Crippen LogP contribution in [-0.4, -0.2) is 9.97 Å². The first-order chi connectivity index (χ1) is 9.40. The van der Waals surface area contributed by atoms with Crippen molar-refractivity contribution in [2.75, 3.05) is 5.32 Å². The van der Waals surface area contributed by atoms with Gasteiger partial charge in [-0.05, 0) is 41.9 Å². The first-order valence-electron chi connectivity index (χ1n) is 5.84. The number of aryl methyl sites for hydroxylation is 2. The lowest BCUT2D eigenvalue weighted by atomic mass is 10.2. The Kier molecular flexibility index (Phi) is 4.39. The minimum absolute atomic E-state index is 0.140. The fourth-order valence-corrected chi connectivity index (χ4v) is 2.52. The number of oxazole rings is 1. The number of anilines is 1. The van der Waals surface area contributed by atoms with Gasteiger partial charge in [-0.25, -0.2) is 9.37 Å². The van der Waals surface area contributed by atoms with Gasteiger partial charge in [0, 0.05) is 5.56 Å². The zero-order valence-corrected chi connectivity index (χ0v) is 13.4. The summed E-state index contributed by atoms with van der Waals surface area (Å²) in [6.07, 6.45) is 0. The Morgan fingerprint density at radius 3 is 2.75 bits per heavy atom. The molecule has 0 spiro atoms. The van der Waals surface area contributed by atoms with E-state index < -0.39 is 5.82 Å². The molecule has 7 heteroatoms. The number of nitrogens with one attached hydrogen (secondary N) is 1. The highest BCUT2D eigenvalue weighted by Gasteiger charge is 2.13. The number of aromatic nitrogens is 1. The number of hydrogen-bond acceptors (Lipinski definition) is 4. The molecule has 4 nitrogen and oxygen atoms in total. The van der Waals surface area contributed by atoms with Crippen LogP contribution < -0.4 is 11.1 Å². The molecular weight excluding hydrogens is 345 g/mol. The van der Waals surface area contributed by atoms with Crippen LogP contribution in [0.5, 0.6) is 0 Å². The summed E-state index contributed by atoms with van der Waals surface area (Å²) in [5.74, 6) is 0.816. The lowest BCUT2D eigenvalue weighted by Gasteiger charge is -2.09. The summed E-state index contributed by atoms with van der Waals surface area (Å²) in [5, 5.41) is 2.93. The molecule has 2 rings (SSSR count). The largest absolute Gasteiger partial charge is 0.444 e. The molecule has 1 heterocycles. The van der Waals surface area contributed by atoms with Crippen LogP contribution in [0, 0.1) is 19.7 Å². The van der Waals surface area contributed by atoms with Gasteiger partial charge in [-0.3, -0.25) is 0 Å². The highest BCUT2D eigenvalue weighted by molar-refractivity contribution is 9.10. The quantitative estimate of drug-likeness (QED) is 0.820. The maximum atomic E-state index is 14.1. The van der Waals surface area contributed by atoms with E-state index in [1.807, 2.05) is 13.8 Å². The smallest absolute Gasteiger partial charge is 0.213 e. The summed E-state index contributed by atoms with van der Waals surface area (Å²) in [6.45, 7) is 3.99. The van der Waals surface area contributed by atoms with Crippen LogP contribution in [0.25, 0.3) is 0 Å². The molecule has 106 valence electrons. The molecule has 0 fully saturated rings. The fraction of sp³-hybridized carbons (Fsp3) is 0.231. The third-order valence-electron chi connectivity index (χ3n) is 2.85. The highest BCUT2D eigenvalue weighted by atomic mass is 79.9. The lowest BCUT2D eigenvalue weighted by molar-refractivity contribution is 0.477. The van der Waals surface area contributed by atoms with Crippen molar-refractivity contribution < 1.29 is 8.81 Å². The van der Waals surface area contributed by atoms with E-state index in [1.165, 1.54) is 0 Å². The molecule has 0 unspecified atom stereocenters. The van der Waals surface area contributed by atoms with Gasteiger partial charge in [-0.1, -0.05) is 12.2 Å². The SMILES string of the molecule is Cc1nc(CNc2ccc(C(N)=S)c(Br)c2F)oc1C. The molecule has 20 heavy (non-hydrogen) atoms.